The van der Waals surface area contributed by atoms with E-state index < -0.39 is 11.9 Å². The number of carbonyl (C=O) groups is 3. The number of benzene rings is 1. The van der Waals surface area contributed by atoms with Crippen LogP contribution in [0.3, 0.4) is 0 Å². The number of hydrogen-bond acceptors (Lipinski definition) is 6. The van der Waals surface area contributed by atoms with Crippen molar-refractivity contribution in [2.45, 2.75) is 6.54 Å². The Hall–Kier alpha value is -2.91. The van der Waals surface area contributed by atoms with Gasteiger partial charge in [-0.05, 0) is 29.1 Å². The van der Waals surface area contributed by atoms with Crippen molar-refractivity contribution in [2.75, 3.05) is 33.3 Å². The summed E-state index contributed by atoms with van der Waals surface area (Å²) >= 11 is 1.51. The number of carboxylic acid groups (broad SMARTS) is 2. The number of carbonyl (C=O) groups excluding carboxylic acids is 1. The van der Waals surface area contributed by atoms with Crippen molar-refractivity contribution in [1.29, 1.82) is 0 Å². The van der Waals surface area contributed by atoms with Crippen LogP contribution in [0, 0.1) is 0 Å². The number of thiophene rings is 1. The zero-order chi connectivity index (χ0) is 20.5. The largest absolute Gasteiger partial charge is 0.497 e. The van der Waals surface area contributed by atoms with Crippen molar-refractivity contribution >= 4 is 29.2 Å². The van der Waals surface area contributed by atoms with Gasteiger partial charge in [-0.1, -0.05) is 18.2 Å². The molecule has 2 aromatic rings. The maximum Gasteiger partial charge on any atom is 0.414 e. The number of hydrogen-bond donors (Lipinski definition) is 2. The Morgan fingerprint density at radius 3 is 2.25 bits per heavy atom. The Bertz CT molecular complexity index is 789. The highest BCUT2D eigenvalue weighted by Crippen LogP contribution is 2.17. The van der Waals surface area contributed by atoms with Crippen LogP contribution in [0.5, 0.6) is 5.75 Å². The smallest absolute Gasteiger partial charge is 0.414 e. The number of carboxylic acids is 2. The van der Waals surface area contributed by atoms with Crippen molar-refractivity contribution in [3.05, 3.63) is 52.2 Å². The molecule has 0 atom stereocenters. The van der Waals surface area contributed by atoms with E-state index in [1.807, 2.05) is 34.5 Å². The Morgan fingerprint density at radius 2 is 1.71 bits per heavy atom. The SMILES string of the molecule is COc1cccc(CN2CCN(C(=O)c3cccs3)CC2)c1.O=C(O)C(=O)O. The summed E-state index contributed by atoms with van der Waals surface area (Å²) in [6.45, 7) is 4.31. The third-order valence-corrected chi connectivity index (χ3v) is 4.97. The first kappa shape index (κ1) is 21.4. The van der Waals surface area contributed by atoms with Gasteiger partial charge in [-0.25, -0.2) is 9.59 Å². The average molecular weight is 406 g/mol. The second-order valence-electron chi connectivity index (χ2n) is 6.01. The van der Waals surface area contributed by atoms with Crippen LogP contribution < -0.4 is 4.74 Å². The van der Waals surface area contributed by atoms with Gasteiger partial charge >= 0.3 is 11.9 Å². The number of aliphatic carboxylic acids is 2. The van der Waals surface area contributed by atoms with Crippen molar-refractivity contribution in [1.82, 2.24) is 9.80 Å². The summed E-state index contributed by atoms with van der Waals surface area (Å²) in [5, 5.41) is 16.7. The van der Waals surface area contributed by atoms with Gasteiger partial charge in [0, 0.05) is 32.7 Å². The van der Waals surface area contributed by atoms with Gasteiger partial charge in [0.1, 0.15) is 5.75 Å². The Labute approximate surface area is 166 Å². The summed E-state index contributed by atoms with van der Waals surface area (Å²) in [7, 11) is 1.69. The minimum absolute atomic E-state index is 0.163. The summed E-state index contributed by atoms with van der Waals surface area (Å²) in [4.78, 5) is 35.7. The average Bonchev–Trinajstić information content (AvgIpc) is 3.23. The highest BCUT2D eigenvalue weighted by Gasteiger charge is 2.22. The monoisotopic (exact) mass is 406 g/mol. The first-order valence-corrected chi connectivity index (χ1v) is 9.43. The summed E-state index contributed by atoms with van der Waals surface area (Å²) in [5.41, 5.74) is 1.25. The lowest BCUT2D eigenvalue weighted by Crippen LogP contribution is -2.48. The predicted molar refractivity (Wildman–Crippen MR) is 104 cm³/mol. The van der Waals surface area contributed by atoms with E-state index in [1.165, 1.54) is 16.9 Å². The van der Waals surface area contributed by atoms with Crippen LogP contribution in [0.25, 0.3) is 0 Å². The van der Waals surface area contributed by atoms with E-state index in [0.29, 0.717) is 0 Å². The van der Waals surface area contributed by atoms with Crippen LogP contribution in [0.15, 0.2) is 41.8 Å². The normalized spacial score (nSPS) is 14.0. The number of nitrogens with zero attached hydrogens (tertiary/aromatic N) is 2. The van der Waals surface area contributed by atoms with Crippen molar-refractivity contribution in [2.24, 2.45) is 0 Å². The minimum Gasteiger partial charge on any atom is -0.497 e. The molecule has 1 aliphatic heterocycles. The predicted octanol–water partition coefficient (Wildman–Crippen LogP) is 1.87. The van der Waals surface area contributed by atoms with Crippen LogP contribution in [0.1, 0.15) is 15.2 Å². The van der Waals surface area contributed by atoms with Gasteiger partial charge in [0.15, 0.2) is 0 Å². The molecule has 9 heteroatoms. The van der Waals surface area contributed by atoms with Crippen LogP contribution >= 0.6 is 11.3 Å². The molecule has 0 spiro atoms. The highest BCUT2D eigenvalue weighted by molar-refractivity contribution is 7.12. The Balaban J connectivity index is 0.000000409. The molecule has 150 valence electrons. The molecule has 0 aliphatic carbocycles. The van der Waals surface area contributed by atoms with Gasteiger partial charge in [0.2, 0.25) is 0 Å². The zero-order valence-electron chi connectivity index (χ0n) is 15.4. The van der Waals surface area contributed by atoms with E-state index in [0.717, 1.165) is 43.4 Å². The van der Waals surface area contributed by atoms with Gasteiger partial charge in [-0.15, -0.1) is 11.3 Å². The standard InChI is InChI=1S/C17H20N2O2S.C2H2O4/c1-21-15-5-2-4-14(12-15)13-18-7-9-19(10-8-18)17(20)16-6-3-11-22-16;3-1(4)2(5)6/h2-6,11-12H,7-10,13H2,1H3;(H,3,4)(H,5,6). The molecular formula is C19H22N2O6S. The first-order chi connectivity index (χ1) is 13.4. The zero-order valence-corrected chi connectivity index (χ0v) is 16.2. The lowest BCUT2D eigenvalue weighted by atomic mass is 10.2. The fourth-order valence-corrected chi connectivity index (χ4v) is 3.38. The van der Waals surface area contributed by atoms with Gasteiger partial charge in [0.25, 0.3) is 5.91 Å². The van der Waals surface area contributed by atoms with Crippen LogP contribution in [-0.4, -0.2) is 71.1 Å². The molecule has 1 aromatic carbocycles. The molecule has 1 aliphatic rings. The lowest BCUT2D eigenvalue weighted by Gasteiger charge is -2.34. The molecule has 0 unspecified atom stereocenters. The molecule has 1 amide bonds. The van der Waals surface area contributed by atoms with Crippen molar-refractivity contribution in [3.63, 3.8) is 0 Å². The summed E-state index contributed by atoms with van der Waals surface area (Å²) in [6, 6.07) is 12.0. The van der Waals surface area contributed by atoms with Crippen LogP contribution in [0.2, 0.25) is 0 Å². The third kappa shape index (κ3) is 6.36. The number of amides is 1. The molecule has 1 aromatic heterocycles. The van der Waals surface area contributed by atoms with E-state index >= 15 is 0 Å². The maximum absolute atomic E-state index is 12.3. The van der Waals surface area contributed by atoms with Crippen molar-refractivity contribution < 1.29 is 29.3 Å². The molecule has 2 N–H and O–H groups in total. The van der Waals surface area contributed by atoms with E-state index in [1.54, 1.807) is 7.11 Å². The molecule has 8 nitrogen and oxygen atoms in total. The van der Waals surface area contributed by atoms with Gasteiger partial charge < -0.3 is 19.8 Å². The Morgan fingerprint density at radius 1 is 1.04 bits per heavy atom. The summed E-state index contributed by atoms with van der Waals surface area (Å²) < 4.78 is 5.26. The Kier molecular flexibility index (Phi) is 7.97. The van der Waals surface area contributed by atoms with E-state index in [4.69, 9.17) is 24.5 Å². The summed E-state index contributed by atoms with van der Waals surface area (Å²) in [6.07, 6.45) is 0. The number of methoxy groups -OCH3 is 1. The molecular weight excluding hydrogens is 384 g/mol. The second-order valence-corrected chi connectivity index (χ2v) is 6.96. The van der Waals surface area contributed by atoms with Crippen LogP contribution in [0.4, 0.5) is 0 Å². The highest BCUT2D eigenvalue weighted by atomic mass is 32.1. The second kappa shape index (κ2) is 10.4. The molecule has 2 heterocycles. The number of ether oxygens (including phenoxy) is 1. The molecule has 1 fully saturated rings. The number of rotatable bonds is 4. The summed E-state index contributed by atoms with van der Waals surface area (Å²) in [5.74, 6) is -2.59. The molecule has 0 saturated carbocycles. The van der Waals surface area contributed by atoms with E-state index in [9.17, 15) is 4.79 Å². The molecule has 0 bridgehead atoms. The maximum atomic E-state index is 12.3. The molecule has 28 heavy (non-hydrogen) atoms. The quantitative estimate of drug-likeness (QED) is 0.747. The topological polar surface area (TPSA) is 107 Å². The fourth-order valence-electron chi connectivity index (χ4n) is 2.69. The molecule has 0 radical (unpaired) electrons. The fraction of sp³-hybridized carbons (Fsp3) is 0.316. The molecule has 1 saturated heterocycles. The van der Waals surface area contributed by atoms with Gasteiger partial charge in [0.05, 0.1) is 12.0 Å². The lowest BCUT2D eigenvalue weighted by molar-refractivity contribution is -0.159. The third-order valence-electron chi connectivity index (χ3n) is 4.11. The van der Waals surface area contributed by atoms with Crippen molar-refractivity contribution in [3.8, 4) is 5.75 Å². The molecule has 3 rings (SSSR count). The van der Waals surface area contributed by atoms with E-state index in [2.05, 4.69) is 17.0 Å². The van der Waals surface area contributed by atoms with Gasteiger partial charge in [-0.3, -0.25) is 9.69 Å². The van der Waals surface area contributed by atoms with Gasteiger partial charge in [-0.2, -0.15) is 0 Å². The minimum atomic E-state index is -1.82. The van der Waals surface area contributed by atoms with E-state index in [-0.39, 0.29) is 5.91 Å². The van der Waals surface area contributed by atoms with Crippen LogP contribution in [-0.2, 0) is 16.1 Å². The number of piperazine rings is 1. The first-order valence-electron chi connectivity index (χ1n) is 8.55.